The maximum absolute atomic E-state index is 15.9. The molecule has 3 atom stereocenters. The van der Waals surface area contributed by atoms with E-state index in [0.717, 1.165) is 6.20 Å². The number of nitrogens with one attached hydrogen (secondary N) is 1. The molecule has 6 N–H and O–H groups in total. The fourth-order valence-electron chi connectivity index (χ4n) is 4.90. The van der Waals surface area contributed by atoms with E-state index in [4.69, 9.17) is 21.6 Å². The first-order chi connectivity index (χ1) is 14.7. The molecule has 3 fully saturated rings. The number of hydrogen-bond donors (Lipinski definition) is 4. The van der Waals surface area contributed by atoms with Gasteiger partial charge in [-0.05, 0) is 19.3 Å². The van der Waals surface area contributed by atoms with Crippen LogP contribution in [0.5, 0.6) is 0 Å². The van der Waals surface area contributed by atoms with E-state index in [1.807, 2.05) is 0 Å². The van der Waals surface area contributed by atoms with Gasteiger partial charge in [0.2, 0.25) is 5.43 Å². The van der Waals surface area contributed by atoms with E-state index in [1.54, 1.807) is 0 Å². The Kier molecular flexibility index (Phi) is 4.23. The van der Waals surface area contributed by atoms with Crippen LogP contribution >= 0.6 is 0 Å². The number of halogens is 2. The second-order valence-corrected chi connectivity index (χ2v) is 8.33. The van der Waals surface area contributed by atoms with Gasteiger partial charge in [-0.1, -0.05) is 0 Å². The number of aromatic carboxylic acids is 1. The zero-order valence-corrected chi connectivity index (χ0v) is 16.4. The molecule has 1 aliphatic carbocycles. The summed E-state index contributed by atoms with van der Waals surface area (Å²) in [5.74, 6) is -4.24. The van der Waals surface area contributed by atoms with Gasteiger partial charge in [0.05, 0.1) is 40.5 Å². The van der Waals surface area contributed by atoms with E-state index in [9.17, 15) is 14.7 Å². The second kappa shape index (κ2) is 6.64. The molecular weight excluding hydrogens is 412 g/mol. The van der Waals surface area contributed by atoms with E-state index in [1.165, 1.54) is 9.47 Å². The molecule has 0 spiro atoms. The van der Waals surface area contributed by atoms with Crippen LogP contribution in [0.2, 0.25) is 0 Å². The van der Waals surface area contributed by atoms with Crippen molar-refractivity contribution in [1.29, 1.82) is 5.41 Å². The number of nitrogens with two attached hydrogens (primary N) is 2. The van der Waals surface area contributed by atoms with Crippen LogP contribution in [0, 0.1) is 23.0 Å². The van der Waals surface area contributed by atoms with Gasteiger partial charge in [-0.3, -0.25) is 10.2 Å². The number of carbonyl (C=O) groups is 1. The number of carboxylic acids is 1. The number of anilines is 2. The van der Waals surface area contributed by atoms with Gasteiger partial charge in [-0.2, -0.15) is 0 Å². The first kappa shape index (κ1) is 19.7. The van der Waals surface area contributed by atoms with Crippen LogP contribution in [0.4, 0.5) is 20.2 Å². The third-order valence-corrected chi connectivity index (χ3v) is 6.52. The van der Waals surface area contributed by atoms with Crippen LogP contribution < -0.4 is 21.8 Å². The summed E-state index contributed by atoms with van der Waals surface area (Å²) in [6, 6.07) is -0.589. The molecule has 1 saturated carbocycles. The van der Waals surface area contributed by atoms with Crippen molar-refractivity contribution in [1.82, 2.24) is 4.57 Å². The Bertz CT molecular complexity index is 1210. The average Bonchev–Trinajstić information content (AvgIpc) is 3.33. The maximum Gasteiger partial charge on any atom is 0.341 e. The van der Waals surface area contributed by atoms with E-state index in [0.29, 0.717) is 25.9 Å². The van der Waals surface area contributed by atoms with Crippen molar-refractivity contribution < 1.29 is 23.4 Å². The summed E-state index contributed by atoms with van der Waals surface area (Å²) >= 11 is 0. The molecule has 0 radical (unpaired) electrons. The van der Waals surface area contributed by atoms with Crippen LogP contribution in [0.15, 0.2) is 11.0 Å². The predicted octanol–water partition coefficient (Wildman–Crippen LogP) is 1.42. The molecule has 31 heavy (non-hydrogen) atoms. The Hall–Kier alpha value is -3.21. The molecule has 2 saturated heterocycles. The van der Waals surface area contributed by atoms with Gasteiger partial charge in [-0.25, -0.2) is 13.6 Å². The Morgan fingerprint density at radius 3 is 2.58 bits per heavy atom. The van der Waals surface area contributed by atoms with Gasteiger partial charge in [0.25, 0.3) is 0 Å². The molecule has 2 aromatic rings. The third kappa shape index (κ3) is 2.72. The fourth-order valence-corrected chi connectivity index (χ4v) is 4.90. The lowest BCUT2D eigenvalue weighted by Gasteiger charge is -2.27. The summed E-state index contributed by atoms with van der Waals surface area (Å²) in [7, 11) is 0. The molecule has 5 rings (SSSR count). The number of fused-ring (bicyclic) bond motifs is 2. The minimum absolute atomic E-state index is 0.0737. The van der Waals surface area contributed by atoms with E-state index in [2.05, 4.69) is 0 Å². The predicted molar refractivity (Wildman–Crippen MR) is 109 cm³/mol. The van der Waals surface area contributed by atoms with Crippen molar-refractivity contribution in [3.8, 4) is 0 Å². The number of rotatable bonds is 4. The first-order valence-electron chi connectivity index (χ1n) is 10.0. The molecule has 164 valence electrons. The van der Waals surface area contributed by atoms with Crippen molar-refractivity contribution in [3.63, 3.8) is 0 Å². The van der Waals surface area contributed by atoms with Crippen molar-refractivity contribution in [2.45, 2.75) is 37.5 Å². The molecule has 1 aromatic heterocycles. The van der Waals surface area contributed by atoms with Crippen molar-refractivity contribution in [2.75, 3.05) is 23.8 Å². The third-order valence-electron chi connectivity index (χ3n) is 6.52. The molecule has 0 bridgehead atoms. The van der Waals surface area contributed by atoms with Gasteiger partial charge < -0.3 is 30.8 Å². The number of pyridine rings is 1. The normalized spacial score (nSPS) is 25.2. The van der Waals surface area contributed by atoms with Crippen LogP contribution in [0.3, 0.4) is 0 Å². The monoisotopic (exact) mass is 433 g/mol. The average molecular weight is 433 g/mol. The number of ether oxygens (including phenoxy) is 1. The standard InChI is InChI=1S/C20H21F2N5O4/c21-12-14(23)11-15(26(7-1-2-7)5-8(17(11)28)20(29)30)13(22)16(12)27-6-9(19(24)25)18-10(27)3-4-31-18/h5,7,9-10,18H,1-4,6,23H2,(H3,24,25)(H,29,30)/t9-,10-,18-/m1/s1. The van der Waals surface area contributed by atoms with E-state index in [-0.39, 0.29) is 23.9 Å². The molecule has 0 unspecified atom stereocenters. The summed E-state index contributed by atoms with van der Waals surface area (Å²) in [6.45, 7) is 0.445. The summed E-state index contributed by atoms with van der Waals surface area (Å²) in [4.78, 5) is 25.8. The lowest BCUT2D eigenvalue weighted by molar-refractivity contribution is 0.0694. The molecule has 3 heterocycles. The smallest absolute Gasteiger partial charge is 0.341 e. The minimum atomic E-state index is -1.49. The fraction of sp³-hybridized carbons (Fsp3) is 0.450. The molecule has 11 heteroatoms. The zero-order chi connectivity index (χ0) is 22.2. The second-order valence-electron chi connectivity index (χ2n) is 8.33. The van der Waals surface area contributed by atoms with Gasteiger partial charge in [0, 0.05) is 25.4 Å². The summed E-state index contributed by atoms with van der Waals surface area (Å²) in [5, 5.41) is 16.8. The van der Waals surface area contributed by atoms with Crippen molar-refractivity contribution in [3.05, 3.63) is 33.6 Å². The van der Waals surface area contributed by atoms with Crippen molar-refractivity contribution >= 4 is 34.1 Å². The number of aromatic nitrogens is 1. The molecule has 2 aliphatic heterocycles. The Morgan fingerprint density at radius 2 is 1.97 bits per heavy atom. The zero-order valence-electron chi connectivity index (χ0n) is 16.4. The molecule has 0 amide bonds. The quantitative estimate of drug-likeness (QED) is 0.324. The van der Waals surface area contributed by atoms with Gasteiger partial charge in [-0.15, -0.1) is 0 Å². The van der Waals surface area contributed by atoms with Gasteiger partial charge in [0.15, 0.2) is 11.6 Å². The first-order valence-corrected chi connectivity index (χ1v) is 10.0. The number of nitrogens with zero attached hydrogens (tertiary/aromatic N) is 2. The van der Waals surface area contributed by atoms with Crippen LogP contribution in [0.1, 0.15) is 35.7 Å². The van der Waals surface area contributed by atoms with E-state index >= 15 is 8.78 Å². The largest absolute Gasteiger partial charge is 0.477 e. The number of amidine groups is 1. The Balaban J connectivity index is 1.79. The Labute approximate surface area is 174 Å². The summed E-state index contributed by atoms with van der Waals surface area (Å²) in [6.07, 6.45) is 2.50. The number of carboxylic acid groups (broad SMARTS) is 1. The number of nitrogen functional groups attached to an aromatic ring is 1. The highest BCUT2D eigenvalue weighted by molar-refractivity contribution is 6.00. The van der Waals surface area contributed by atoms with Crippen LogP contribution in [0.25, 0.3) is 10.9 Å². The lowest BCUT2D eigenvalue weighted by atomic mass is 10.0. The number of hydrogen-bond acceptors (Lipinski definition) is 6. The highest BCUT2D eigenvalue weighted by atomic mass is 19.1. The summed E-state index contributed by atoms with van der Waals surface area (Å²) < 4.78 is 38.5. The topological polar surface area (TPSA) is 148 Å². The maximum atomic E-state index is 15.9. The number of benzene rings is 1. The molecule has 1 aromatic carbocycles. The van der Waals surface area contributed by atoms with Crippen molar-refractivity contribution in [2.24, 2.45) is 11.7 Å². The SMILES string of the molecule is N=C(N)[C@@H]1CN(c2c(F)c(N)c3c(=O)c(C(=O)O)cn(C4CC4)c3c2F)[C@@H]2CCO[C@@H]21. The summed E-state index contributed by atoms with van der Waals surface area (Å²) in [5.41, 5.74) is 8.87. The van der Waals surface area contributed by atoms with E-state index < -0.39 is 63.4 Å². The van der Waals surface area contributed by atoms with Crippen LogP contribution in [-0.2, 0) is 4.74 Å². The highest BCUT2D eigenvalue weighted by Gasteiger charge is 2.49. The molecule has 9 nitrogen and oxygen atoms in total. The molecular formula is C20H21F2N5O4. The minimum Gasteiger partial charge on any atom is -0.477 e. The Morgan fingerprint density at radius 1 is 1.26 bits per heavy atom. The molecule has 3 aliphatic rings. The van der Waals surface area contributed by atoms with Gasteiger partial charge in [0.1, 0.15) is 11.3 Å². The highest BCUT2D eigenvalue weighted by Crippen LogP contribution is 2.45. The van der Waals surface area contributed by atoms with Gasteiger partial charge >= 0.3 is 5.97 Å². The lowest BCUT2D eigenvalue weighted by Crippen LogP contribution is -2.34. The van der Waals surface area contributed by atoms with Crippen LogP contribution in [-0.4, -0.2) is 46.8 Å².